The molecule has 0 saturated carbocycles. The van der Waals surface area contributed by atoms with Crippen LogP contribution in [-0.4, -0.2) is 13.4 Å². The summed E-state index contributed by atoms with van der Waals surface area (Å²) >= 11 is 0. The predicted octanol–water partition coefficient (Wildman–Crippen LogP) is 4.69. The maximum atomic E-state index is 13.7. The Hall–Kier alpha value is -3.29. The van der Waals surface area contributed by atoms with Gasteiger partial charge in [-0.15, -0.1) is 0 Å². The van der Waals surface area contributed by atoms with E-state index in [4.69, 9.17) is 9.56 Å². The van der Waals surface area contributed by atoms with Gasteiger partial charge in [-0.2, -0.15) is 0 Å². The maximum absolute atomic E-state index is 13.7. The molecule has 4 rings (SSSR count). The van der Waals surface area contributed by atoms with Crippen LogP contribution in [0.2, 0.25) is 0 Å². The number of rotatable bonds is 5. The number of nitrogens with zero attached hydrogens (tertiary/aromatic N) is 1. The third kappa shape index (κ3) is 4.03. The Bertz CT molecular complexity index is 1320. The van der Waals surface area contributed by atoms with E-state index in [0.29, 0.717) is 34.7 Å². The van der Waals surface area contributed by atoms with Crippen LogP contribution in [0.5, 0.6) is 0 Å². The molecule has 0 amide bonds. The topological polar surface area (TPSA) is 86.2 Å². The molecule has 0 atom stereocenters. The van der Waals surface area contributed by atoms with Crippen molar-refractivity contribution in [3.63, 3.8) is 0 Å². The molecule has 0 spiro atoms. The molecule has 0 fully saturated rings. The number of oxazole rings is 1. The van der Waals surface area contributed by atoms with Gasteiger partial charge in [-0.1, -0.05) is 42.5 Å². The van der Waals surface area contributed by atoms with Gasteiger partial charge in [-0.25, -0.2) is 22.9 Å². The first kappa shape index (κ1) is 20.0. The Labute approximate surface area is 174 Å². The van der Waals surface area contributed by atoms with Crippen molar-refractivity contribution < 1.29 is 17.2 Å². The van der Waals surface area contributed by atoms with Crippen LogP contribution in [-0.2, 0) is 16.4 Å². The molecule has 3 aromatic carbocycles. The molecule has 0 unspecified atom stereocenters. The fourth-order valence-electron chi connectivity index (χ4n) is 3.37. The van der Waals surface area contributed by atoms with E-state index >= 15 is 0 Å². The van der Waals surface area contributed by atoms with Gasteiger partial charge < -0.3 is 4.42 Å². The summed E-state index contributed by atoms with van der Waals surface area (Å²) in [6.45, 7) is 1.76. The number of primary sulfonamides is 1. The largest absolute Gasteiger partial charge is 0.440 e. The maximum Gasteiger partial charge on any atom is 0.238 e. The van der Waals surface area contributed by atoms with Crippen molar-refractivity contribution >= 4 is 10.0 Å². The highest BCUT2D eigenvalue weighted by atomic mass is 32.2. The van der Waals surface area contributed by atoms with Gasteiger partial charge in [0.25, 0.3) is 0 Å². The van der Waals surface area contributed by atoms with Gasteiger partial charge in [-0.3, -0.25) is 0 Å². The minimum Gasteiger partial charge on any atom is -0.440 e. The van der Waals surface area contributed by atoms with E-state index in [1.807, 2.05) is 30.3 Å². The molecule has 0 saturated heterocycles. The number of benzene rings is 3. The first-order valence-electron chi connectivity index (χ1n) is 9.25. The highest BCUT2D eigenvalue weighted by Crippen LogP contribution is 2.37. The van der Waals surface area contributed by atoms with Gasteiger partial charge in [0.05, 0.1) is 4.90 Å². The molecule has 0 aliphatic rings. The zero-order valence-electron chi connectivity index (χ0n) is 16.2. The van der Waals surface area contributed by atoms with Gasteiger partial charge in [0.2, 0.25) is 10.0 Å². The van der Waals surface area contributed by atoms with Gasteiger partial charge >= 0.3 is 0 Å². The lowest BCUT2D eigenvalue weighted by atomic mass is 10.0. The van der Waals surface area contributed by atoms with E-state index in [1.165, 1.54) is 18.2 Å². The van der Waals surface area contributed by atoms with Crippen LogP contribution in [0.1, 0.15) is 17.0 Å². The molecule has 1 heterocycles. The molecule has 5 nitrogen and oxygen atoms in total. The minimum atomic E-state index is -3.99. The van der Waals surface area contributed by atoms with Crippen LogP contribution in [0.15, 0.2) is 82.1 Å². The van der Waals surface area contributed by atoms with Crippen LogP contribution in [0.4, 0.5) is 4.39 Å². The van der Waals surface area contributed by atoms with Crippen molar-refractivity contribution in [3.8, 4) is 22.6 Å². The summed E-state index contributed by atoms with van der Waals surface area (Å²) in [4.78, 5) is 4.58. The fourth-order valence-corrected chi connectivity index (χ4v) is 4.11. The average molecular weight is 422 g/mol. The minimum absolute atomic E-state index is 0.0616. The Morgan fingerprint density at radius 3 is 2.37 bits per heavy atom. The third-order valence-corrected chi connectivity index (χ3v) is 5.72. The van der Waals surface area contributed by atoms with Gasteiger partial charge in [0, 0.05) is 17.5 Å². The van der Waals surface area contributed by atoms with Crippen molar-refractivity contribution in [2.75, 3.05) is 0 Å². The quantitative estimate of drug-likeness (QED) is 0.505. The van der Waals surface area contributed by atoms with Crippen molar-refractivity contribution in [3.05, 3.63) is 95.6 Å². The molecular weight excluding hydrogens is 403 g/mol. The molecule has 152 valence electrons. The van der Waals surface area contributed by atoms with Gasteiger partial charge in [0.15, 0.2) is 11.7 Å². The lowest BCUT2D eigenvalue weighted by molar-refractivity contribution is 0.518. The molecule has 0 bridgehead atoms. The molecule has 7 heteroatoms. The van der Waals surface area contributed by atoms with E-state index in [-0.39, 0.29) is 16.5 Å². The predicted molar refractivity (Wildman–Crippen MR) is 113 cm³/mol. The summed E-state index contributed by atoms with van der Waals surface area (Å²) in [5, 5.41) is 5.42. The summed E-state index contributed by atoms with van der Waals surface area (Å²) in [7, 11) is -3.99. The van der Waals surface area contributed by atoms with Crippen LogP contribution < -0.4 is 5.14 Å². The second-order valence-corrected chi connectivity index (χ2v) is 8.48. The third-order valence-electron chi connectivity index (χ3n) is 4.75. The van der Waals surface area contributed by atoms with Crippen molar-refractivity contribution in [1.82, 2.24) is 4.98 Å². The average Bonchev–Trinajstić information content (AvgIpc) is 3.11. The van der Waals surface area contributed by atoms with E-state index in [1.54, 1.807) is 31.2 Å². The van der Waals surface area contributed by atoms with Crippen molar-refractivity contribution in [2.45, 2.75) is 18.2 Å². The molecule has 0 aliphatic carbocycles. The summed E-state index contributed by atoms with van der Waals surface area (Å²) in [6, 6.07) is 20.3. The lowest BCUT2D eigenvalue weighted by Crippen LogP contribution is -2.13. The second kappa shape index (κ2) is 7.85. The normalized spacial score (nSPS) is 11.6. The molecular formula is C23H19FN2O3S. The number of sulfonamides is 1. The van der Waals surface area contributed by atoms with Crippen LogP contribution in [0.3, 0.4) is 0 Å². The summed E-state index contributed by atoms with van der Waals surface area (Å²) in [5.74, 6) is 0.329. The summed E-state index contributed by atoms with van der Waals surface area (Å²) < 4.78 is 44.0. The molecule has 4 aromatic rings. The number of hydrogen-bond acceptors (Lipinski definition) is 4. The highest BCUT2D eigenvalue weighted by molar-refractivity contribution is 7.89. The van der Waals surface area contributed by atoms with Crippen LogP contribution in [0.25, 0.3) is 22.6 Å². The summed E-state index contributed by atoms with van der Waals surface area (Å²) in [6.07, 6.45) is 0.422. The number of aromatic nitrogens is 1. The SMILES string of the molecule is Cc1cc(F)ccc1-c1nc(Cc2ccccc2)oc1-c1ccccc1S(N)(=O)=O. The zero-order valence-corrected chi connectivity index (χ0v) is 17.0. The number of halogens is 1. The second-order valence-electron chi connectivity index (χ2n) is 6.95. The Kier molecular flexibility index (Phi) is 5.24. The van der Waals surface area contributed by atoms with Gasteiger partial charge in [0.1, 0.15) is 11.5 Å². The standard InChI is InChI=1S/C23H19FN2O3S/c1-15-13-17(24)11-12-18(15)22-23(19-9-5-6-10-20(19)30(25,27)28)29-21(26-22)14-16-7-3-2-4-8-16/h2-13H,14H2,1H3,(H2,25,27,28). The Balaban J connectivity index is 1.93. The van der Waals surface area contributed by atoms with Crippen molar-refractivity contribution in [1.29, 1.82) is 0 Å². The molecule has 2 N–H and O–H groups in total. The first-order valence-corrected chi connectivity index (χ1v) is 10.8. The monoisotopic (exact) mass is 422 g/mol. The molecule has 0 radical (unpaired) electrons. The van der Waals surface area contributed by atoms with Crippen LogP contribution in [0, 0.1) is 12.7 Å². The molecule has 30 heavy (non-hydrogen) atoms. The lowest BCUT2D eigenvalue weighted by Gasteiger charge is -2.08. The van der Waals surface area contributed by atoms with Crippen LogP contribution >= 0.6 is 0 Å². The fraction of sp³-hybridized carbons (Fsp3) is 0.0870. The molecule has 1 aromatic heterocycles. The van der Waals surface area contributed by atoms with E-state index in [9.17, 15) is 12.8 Å². The molecule has 0 aliphatic heterocycles. The number of aryl methyl sites for hydroxylation is 1. The first-order chi connectivity index (χ1) is 14.3. The number of hydrogen-bond donors (Lipinski definition) is 1. The van der Waals surface area contributed by atoms with E-state index in [0.717, 1.165) is 5.56 Å². The smallest absolute Gasteiger partial charge is 0.238 e. The van der Waals surface area contributed by atoms with Gasteiger partial charge in [-0.05, 0) is 48.4 Å². The number of nitrogens with two attached hydrogens (primary N) is 1. The Morgan fingerprint density at radius 1 is 0.967 bits per heavy atom. The zero-order chi connectivity index (χ0) is 21.3. The summed E-state index contributed by atoms with van der Waals surface area (Å²) in [5.41, 5.74) is 3.05. The van der Waals surface area contributed by atoms with Crippen molar-refractivity contribution in [2.24, 2.45) is 5.14 Å². The Morgan fingerprint density at radius 2 is 1.67 bits per heavy atom. The highest BCUT2D eigenvalue weighted by Gasteiger charge is 2.24. The van der Waals surface area contributed by atoms with E-state index in [2.05, 4.69) is 4.98 Å². The van der Waals surface area contributed by atoms with E-state index < -0.39 is 10.0 Å².